The monoisotopic (exact) mass is 875 g/mol. The number of nitrogens with two attached hydrogens (primary N) is 1. The van der Waals surface area contributed by atoms with Crippen molar-refractivity contribution in [3.05, 3.63) is 59.1 Å². The molecule has 2 aromatic rings. The smallest absolute Gasteiger partial charge is 0.407 e. The number of carboxylic acids is 1. The first kappa shape index (κ1) is 51.7. The molecule has 0 fully saturated rings. The molecule has 2 rings (SSSR count). The van der Waals surface area contributed by atoms with Crippen LogP contribution in [0.25, 0.3) is 11.1 Å². The Bertz CT molecular complexity index is 1800. The summed E-state index contributed by atoms with van der Waals surface area (Å²) in [6.07, 6.45) is -3.62. The van der Waals surface area contributed by atoms with Crippen LogP contribution in [-0.2, 0) is 33.4 Å². The largest absolute Gasteiger partial charge is 0.480 e. The summed E-state index contributed by atoms with van der Waals surface area (Å²) < 4.78 is 16.3. The number of carbonyl (C=O) groups is 7. The number of ether oxygens (including phenoxy) is 3. The van der Waals surface area contributed by atoms with Gasteiger partial charge in [-0.25, -0.2) is 14.4 Å². The molecule has 0 radical (unpaired) electrons. The second kappa shape index (κ2) is 24.1. The highest BCUT2D eigenvalue weighted by Crippen LogP contribution is 2.22. The van der Waals surface area contributed by atoms with E-state index in [1.54, 1.807) is 77.9 Å². The molecule has 5 unspecified atom stereocenters. The van der Waals surface area contributed by atoms with Gasteiger partial charge >= 0.3 is 18.2 Å². The molecule has 0 aromatic heterocycles. The molecule has 0 aliphatic carbocycles. The average molecular weight is 876 g/mol. The Morgan fingerprint density at radius 1 is 0.689 bits per heavy atom. The number of alkyl carbamates (subject to hydrolysis) is 2. The van der Waals surface area contributed by atoms with E-state index >= 15 is 0 Å². The van der Waals surface area contributed by atoms with E-state index in [1.165, 1.54) is 6.92 Å². The van der Waals surface area contributed by atoms with Crippen molar-refractivity contribution in [3.8, 4) is 11.1 Å². The molecule has 0 saturated heterocycles. The lowest BCUT2D eigenvalue weighted by molar-refractivity contribution is -0.142. The Kier molecular flexibility index (Phi) is 20.4. The maximum atomic E-state index is 13.9. The first-order valence-corrected chi connectivity index (χ1v) is 20.3. The zero-order valence-electron chi connectivity index (χ0n) is 36.3. The summed E-state index contributed by atoms with van der Waals surface area (Å²) >= 11 is 6.01. The van der Waals surface area contributed by atoms with E-state index in [2.05, 4.69) is 31.9 Å². The highest BCUT2D eigenvalue weighted by Gasteiger charge is 2.34. The number of carbonyl (C=O) groups excluding carboxylic acids is 6. The first-order valence-electron chi connectivity index (χ1n) is 20.0. The van der Waals surface area contributed by atoms with Gasteiger partial charge in [0.25, 0.3) is 11.8 Å². The summed E-state index contributed by atoms with van der Waals surface area (Å²) in [6.45, 7) is 15.3. The Morgan fingerprint density at radius 3 is 1.75 bits per heavy atom. The van der Waals surface area contributed by atoms with Gasteiger partial charge in [-0.2, -0.15) is 0 Å². The van der Waals surface area contributed by atoms with Crippen LogP contribution in [0.5, 0.6) is 0 Å². The van der Waals surface area contributed by atoms with E-state index in [1.807, 2.05) is 26.0 Å². The topological polar surface area (TPSA) is 266 Å². The Morgan fingerprint density at radius 2 is 1.23 bits per heavy atom. The highest BCUT2D eigenvalue weighted by molar-refractivity contribution is 6.30. The maximum absolute atomic E-state index is 13.9. The van der Waals surface area contributed by atoms with Crippen LogP contribution >= 0.6 is 11.6 Å². The third kappa shape index (κ3) is 20.1. The predicted octanol–water partition coefficient (Wildman–Crippen LogP) is 3.84. The van der Waals surface area contributed by atoms with Gasteiger partial charge in [0.2, 0.25) is 11.8 Å². The van der Waals surface area contributed by atoms with Crippen LogP contribution in [0, 0.1) is 5.92 Å². The molecule has 19 heteroatoms. The number of nitrogens with one attached hydrogen (secondary N) is 6. The van der Waals surface area contributed by atoms with E-state index in [4.69, 9.17) is 31.5 Å². The lowest BCUT2D eigenvalue weighted by atomic mass is 10.0. The van der Waals surface area contributed by atoms with Crippen molar-refractivity contribution >= 4 is 53.4 Å². The van der Waals surface area contributed by atoms with Crippen molar-refractivity contribution < 1.29 is 52.9 Å². The third-order valence-electron chi connectivity index (χ3n) is 8.32. The van der Waals surface area contributed by atoms with Gasteiger partial charge in [0.1, 0.15) is 29.3 Å². The van der Waals surface area contributed by atoms with E-state index in [9.17, 15) is 38.7 Å². The van der Waals surface area contributed by atoms with Gasteiger partial charge in [0.15, 0.2) is 6.17 Å². The molecule has 0 aliphatic rings. The second-order valence-electron chi connectivity index (χ2n) is 16.7. The Balaban J connectivity index is 2.22. The first-order chi connectivity index (χ1) is 28.3. The van der Waals surface area contributed by atoms with Crippen LogP contribution in [-0.4, -0.2) is 108 Å². The van der Waals surface area contributed by atoms with E-state index in [0.717, 1.165) is 11.1 Å². The van der Waals surface area contributed by atoms with E-state index in [-0.39, 0.29) is 31.1 Å². The SMILES string of the molecule is CC(C)COC(C)C(NC(=O)C(CNC(=O)OC(C)(C)C)NC(=O)c1ccc(-c2ccc(Cl)cc2)cc1)C(=O)NC(N)C(=O)NC(CCCCNC(=O)OC(C)(C)C)C(=O)O. The van der Waals surface area contributed by atoms with Crippen molar-refractivity contribution in [2.24, 2.45) is 11.7 Å². The molecule has 18 nitrogen and oxygen atoms in total. The van der Waals surface area contributed by atoms with E-state index in [0.29, 0.717) is 17.9 Å². The number of halogens is 1. The summed E-state index contributed by atoms with van der Waals surface area (Å²) in [5, 5.41) is 25.1. The lowest BCUT2D eigenvalue weighted by Gasteiger charge is -2.29. The lowest BCUT2D eigenvalue weighted by Crippen LogP contribution is -2.63. The van der Waals surface area contributed by atoms with Crippen molar-refractivity contribution in [1.82, 2.24) is 31.9 Å². The molecule has 9 N–H and O–H groups in total. The van der Waals surface area contributed by atoms with Gasteiger partial charge < -0.3 is 57.0 Å². The van der Waals surface area contributed by atoms with Gasteiger partial charge in [-0.15, -0.1) is 0 Å². The molecule has 2 aromatic carbocycles. The molecule has 5 atom stereocenters. The molecular weight excluding hydrogens is 814 g/mol. The number of aliphatic carboxylic acids is 1. The predicted molar refractivity (Wildman–Crippen MR) is 228 cm³/mol. The minimum Gasteiger partial charge on any atom is -0.480 e. The summed E-state index contributed by atoms with van der Waals surface area (Å²) in [5.74, 6) is -4.90. The van der Waals surface area contributed by atoms with Gasteiger partial charge in [0.05, 0.1) is 12.6 Å². The summed E-state index contributed by atoms with van der Waals surface area (Å²) in [4.78, 5) is 90.7. The number of rotatable bonds is 21. The number of carboxylic acid groups (broad SMARTS) is 1. The van der Waals surface area contributed by atoms with Crippen molar-refractivity contribution in [2.75, 3.05) is 19.7 Å². The maximum Gasteiger partial charge on any atom is 0.407 e. The normalized spacial score (nSPS) is 14.0. The minimum absolute atomic E-state index is 0.0204. The van der Waals surface area contributed by atoms with Crippen LogP contribution in [0.2, 0.25) is 5.02 Å². The third-order valence-corrected chi connectivity index (χ3v) is 8.57. The molecule has 0 spiro atoms. The quantitative estimate of drug-likeness (QED) is 0.0657. The summed E-state index contributed by atoms with van der Waals surface area (Å²) in [5.41, 5.74) is 6.30. The molecular formula is C42H62ClN7O11. The fourth-order valence-electron chi connectivity index (χ4n) is 5.30. The molecule has 0 saturated carbocycles. The van der Waals surface area contributed by atoms with Gasteiger partial charge in [-0.1, -0.05) is 49.7 Å². The molecule has 338 valence electrons. The molecule has 61 heavy (non-hydrogen) atoms. The van der Waals surface area contributed by atoms with Crippen molar-refractivity contribution in [3.63, 3.8) is 0 Å². The number of benzene rings is 2. The summed E-state index contributed by atoms with van der Waals surface area (Å²) in [7, 11) is 0. The van der Waals surface area contributed by atoms with Crippen LogP contribution in [0.1, 0.15) is 91.9 Å². The van der Waals surface area contributed by atoms with Gasteiger partial charge in [-0.3, -0.25) is 19.2 Å². The van der Waals surface area contributed by atoms with Crippen LogP contribution in [0.3, 0.4) is 0 Å². The standard InChI is InChI=1S/C42H62ClN7O11/c1-24(2)23-59-25(3)32(36(53)50-33(44)37(54)47-30(38(55)56)12-10-11-21-45-39(57)60-41(4,5)6)49-35(52)31(22-46-40(58)61-42(7,8)9)48-34(51)28-15-13-26(14-16-28)27-17-19-29(43)20-18-27/h13-20,24-25,30-33H,10-12,21-23,44H2,1-9H3,(H,45,57)(H,46,58)(H,47,54)(H,48,51)(H,49,52)(H,50,53)(H,55,56). The highest BCUT2D eigenvalue weighted by atomic mass is 35.5. The number of amides is 6. The average Bonchev–Trinajstić information content (AvgIpc) is 3.15. The van der Waals surface area contributed by atoms with Crippen LogP contribution in [0.4, 0.5) is 9.59 Å². The second-order valence-corrected chi connectivity index (χ2v) is 17.2. The summed E-state index contributed by atoms with van der Waals surface area (Å²) in [6, 6.07) is 9.31. The zero-order valence-corrected chi connectivity index (χ0v) is 37.1. The molecule has 0 aliphatic heterocycles. The minimum atomic E-state index is -1.76. The molecule has 0 bridgehead atoms. The fourth-order valence-corrected chi connectivity index (χ4v) is 5.43. The van der Waals surface area contributed by atoms with Gasteiger partial charge in [0, 0.05) is 23.7 Å². The zero-order chi connectivity index (χ0) is 46.1. The Hall–Kier alpha value is -5.46. The van der Waals surface area contributed by atoms with Crippen molar-refractivity contribution in [2.45, 2.75) is 123 Å². The number of hydrogen-bond donors (Lipinski definition) is 8. The van der Waals surface area contributed by atoms with Crippen LogP contribution < -0.4 is 37.6 Å². The van der Waals surface area contributed by atoms with Gasteiger partial charge in [-0.05, 0) is 109 Å². The van der Waals surface area contributed by atoms with E-state index < -0.39 is 89.9 Å². The number of unbranched alkanes of at least 4 members (excludes halogenated alkanes) is 1. The molecule has 0 heterocycles. The number of hydrogen-bond acceptors (Lipinski definition) is 11. The molecule has 6 amide bonds. The van der Waals surface area contributed by atoms with Crippen LogP contribution in [0.15, 0.2) is 48.5 Å². The van der Waals surface area contributed by atoms with Crippen molar-refractivity contribution in [1.29, 1.82) is 0 Å². The Labute approximate surface area is 362 Å². The fraction of sp³-hybridized carbons (Fsp3) is 0.548.